The molecule has 0 saturated carbocycles. The first-order chi connectivity index (χ1) is 4.12. The molecule has 0 aromatic carbocycles. The van der Waals surface area contributed by atoms with Gasteiger partial charge in [0.1, 0.15) is 5.60 Å². The molecule has 0 rings (SSSR count). The molecule has 0 heterocycles. The van der Waals surface area contributed by atoms with E-state index in [0.29, 0.717) is 13.0 Å². The number of hydrogen-bond acceptors (Lipinski definition) is 2. The number of terminal acetylenes is 1. The lowest BCUT2D eigenvalue weighted by Crippen LogP contribution is -2.22. The topological polar surface area (TPSA) is 29.5 Å². The fraction of sp³-hybridized carbons (Fsp3) is 0.714. The van der Waals surface area contributed by atoms with Crippen LogP contribution in [0.5, 0.6) is 0 Å². The summed E-state index contributed by atoms with van der Waals surface area (Å²) < 4.78 is 4.72. The number of hydrogen-bond donors (Lipinski definition) is 1. The monoisotopic (exact) mass is 128 g/mol. The minimum absolute atomic E-state index is 0.486. The summed E-state index contributed by atoms with van der Waals surface area (Å²) in [7, 11) is 1.58. The molecule has 1 atom stereocenters. The largest absolute Gasteiger partial charge is 0.385 e. The van der Waals surface area contributed by atoms with E-state index in [-0.39, 0.29) is 0 Å². The third-order valence-electron chi connectivity index (χ3n) is 1.10. The lowest BCUT2D eigenvalue weighted by atomic mass is 10.1. The highest BCUT2D eigenvalue weighted by atomic mass is 16.5. The number of methoxy groups -OCH3 is 1. The summed E-state index contributed by atoms with van der Waals surface area (Å²) in [4.78, 5) is 0. The molecule has 2 heteroatoms. The average molecular weight is 128 g/mol. The highest BCUT2D eigenvalue weighted by Gasteiger charge is 2.14. The number of rotatable bonds is 3. The van der Waals surface area contributed by atoms with Gasteiger partial charge >= 0.3 is 0 Å². The van der Waals surface area contributed by atoms with Crippen molar-refractivity contribution in [3.8, 4) is 12.3 Å². The molecular weight excluding hydrogens is 116 g/mol. The third kappa shape index (κ3) is 4.01. The van der Waals surface area contributed by atoms with Crippen LogP contribution in [0.2, 0.25) is 0 Å². The Labute approximate surface area is 55.8 Å². The maximum absolute atomic E-state index is 9.14. The highest BCUT2D eigenvalue weighted by molar-refractivity contribution is 5.03. The summed E-state index contributed by atoms with van der Waals surface area (Å²) in [6, 6.07) is 0. The molecule has 0 aromatic heterocycles. The Hall–Kier alpha value is -0.520. The molecule has 0 bridgehead atoms. The number of aliphatic hydroxyl groups is 1. The van der Waals surface area contributed by atoms with Crippen molar-refractivity contribution >= 4 is 0 Å². The van der Waals surface area contributed by atoms with E-state index >= 15 is 0 Å². The van der Waals surface area contributed by atoms with Gasteiger partial charge in [-0.15, -0.1) is 6.42 Å². The van der Waals surface area contributed by atoms with Crippen molar-refractivity contribution in [3.63, 3.8) is 0 Å². The van der Waals surface area contributed by atoms with Gasteiger partial charge in [0.15, 0.2) is 0 Å². The van der Waals surface area contributed by atoms with Gasteiger partial charge in [-0.3, -0.25) is 0 Å². The number of ether oxygens (including phenoxy) is 1. The van der Waals surface area contributed by atoms with Crippen LogP contribution in [0.1, 0.15) is 13.3 Å². The van der Waals surface area contributed by atoms with E-state index in [0.717, 1.165) is 0 Å². The van der Waals surface area contributed by atoms with Gasteiger partial charge < -0.3 is 9.84 Å². The van der Waals surface area contributed by atoms with Gasteiger partial charge in [0, 0.05) is 20.1 Å². The zero-order valence-corrected chi connectivity index (χ0v) is 5.85. The lowest BCUT2D eigenvalue weighted by Gasteiger charge is -2.14. The van der Waals surface area contributed by atoms with Crippen LogP contribution in [-0.2, 0) is 4.74 Å². The van der Waals surface area contributed by atoms with E-state index in [9.17, 15) is 0 Å². The second kappa shape index (κ2) is 3.49. The van der Waals surface area contributed by atoms with Gasteiger partial charge in [0.05, 0.1) is 0 Å². The van der Waals surface area contributed by atoms with Gasteiger partial charge in [-0.25, -0.2) is 0 Å². The van der Waals surface area contributed by atoms with E-state index in [4.69, 9.17) is 16.3 Å². The van der Waals surface area contributed by atoms with E-state index in [2.05, 4.69) is 5.92 Å². The summed E-state index contributed by atoms with van der Waals surface area (Å²) in [5, 5.41) is 9.14. The predicted octanol–water partition coefficient (Wildman–Crippen LogP) is 0.407. The Balaban J connectivity index is 3.49. The Morgan fingerprint density at radius 1 is 1.78 bits per heavy atom. The van der Waals surface area contributed by atoms with Gasteiger partial charge in [0.2, 0.25) is 0 Å². The third-order valence-corrected chi connectivity index (χ3v) is 1.10. The fourth-order valence-corrected chi connectivity index (χ4v) is 0.373. The van der Waals surface area contributed by atoms with Gasteiger partial charge in [-0.05, 0) is 6.92 Å². The van der Waals surface area contributed by atoms with Gasteiger partial charge in [-0.1, -0.05) is 5.92 Å². The van der Waals surface area contributed by atoms with E-state index < -0.39 is 5.60 Å². The summed E-state index contributed by atoms with van der Waals surface area (Å²) in [6.07, 6.45) is 5.48. The molecule has 52 valence electrons. The molecular formula is C7H12O2. The first-order valence-corrected chi connectivity index (χ1v) is 2.81. The summed E-state index contributed by atoms with van der Waals surface area (Å²) in [5.74, 6) is 2.25. The van der Waals surface area contributed by atoms with Crippen molar-refractivity contribution < 1.29 is 9.84 Å². The van der Waals surface area contributed by atoms with E-state index in [1.54, 1.807) is 14.0 Å². The van der Waals surface area contributed by atoms with Crippen LogP contribution < -0.4 is 0 Å². The molecule has 0 aromatic rings. The van der Waals surface area contributed by atoms with Gasteiger partial charge in [-0.2, -0.15) is 0 Å². The SMILES string of the molecule is C#CC(C)(O)CCOC. The molecule has 1 unspecified atom stereocenters. The van der Waals surface area contributed by atoms with Crippen molar-refractivity contribution in [1.29, 1.82) is 0 Å². The average Bonchev–Trinajstić information content (AvgIpc) is 1.84. The van der Waals surface area contributed by atoms with Crippen LogP contribution in [-0.4, -0.2) is 24.4 Å². The first kappa shape index (κ1) is 8.48. The van der Waals surface area contributed by atoms with Crippen molar-refractivity contribution in [2.24, 2.45) is 0 Å². The second-order valence-electron chi connectivity index (χ2n) is 2.16. The Kier molecular flexibility index (Phi) is 3.29. The molecule has 2 nitrogen and oxygen atoms in total. The lowest BCUT2D eigenvalue weighted by molar-refractivity contribution is 0.0729. The van der Waals surface area contributed by atoms with E-state index in [1.165, 1.54) is 0 Å². The molecule has 0 aliphatic carbocycles. The Morgan fingerprint density at radius 2 is 2.33 bits per heavy atom. The minimum atomic E-state index is -1.00. The van der Waals surface area contributed by atoms with Crippen LogP contribution in [0, 0.1) is 12.3 Å². The fourth-order valence-electron chi connectivity index (χ4n) is 0.373. The van der Waals surface area contributed by atoms with Crippen LogP contribution in [0.25, 0.3) is 0 Å². The van der Waals surface area contributed by atoms with Crippen molar-refractivity contribution in [2.75, 3.05) is 13.7 Å². The standard InChI is InChI=1S/C7H12O2/c1-4-7(2,8)5-6-9-3/h1,8H,5-6H2,2-3H3. The Bertz CT molecular complexity index is 111. The molecule has 0 fully saturated rings. The van der Waals surface area contributed by atoms with E-state index in [1.807, 2.05) is 0 Å². The summed E-state index contributed by atoms with van der Waals surface area (Å²) in [5.41, 5.74) is -1.00. The van der Waals surface area contributed by atoms with Crippen LogP contribution in [0.3, 0.4) is 0 Å². The molecule has 0 aliphatic heterocycles. The predicted molar refractivity (Wildman–Crippen MR) is 35.9 cm³/mol. The molecule has 0 saturated heterocycles. The normalized spacial score (nSPS) is 16.2. The zero-order chi connectivity index (χ0) is 7.33. The second-order valence-corrected chi connectivity index (χ2v) is 2.16. The minimum Gasteiger partial charge on any atom is -0.385 e. The van der Waals surface area contributed by atoms with Crippen molar-refractivity contribution in [3.05, 3.63) is 0 Å². The smallest absolute Gasteiger partial charge is 0.124 e. The quantitative estimate of drug-likeness (QED) is 0.558. The van der Waals surface area contributed by atoms with Crippen LogP contribution >= 0.6 is 0 Å². The zero-order valence-electron chi connectivity index (χ0n) is 5.85. The summed E-state index contributed by atoms with van der Waals surface area (Å²) in [6.45, 7) is 2.09. The summed E-state index contributed by atoms with van der Waals surface area (Å²) >= 11 is 0. The highest BCUT2D eigenvalue weighted by Crippen LogP contribution is 2.05. The van der Waals surface area contributed by atoms with Crippen LogP contribution in [0.4, 0.5) is 0 Å². The van der Waals surface area contributed by atoms with Crippen molar-refractivity contribution in [1.82, 2.24) is 0 Å². The molecule has 1 N–H and O–H groups in total. The maximum Gasteiger partial charge on any atom is 0.124 e. The molecule has 9 heavy (non-hydrogen) atoms. The van der Waals surface area contributed by atoms with Crippen molar-refractivity contribution in [2.45, 2.75) is 18.9 Å². The van der Waals surface area contributed by atoms with Gasteiger partial charge in [0.25, 0.3) is 0 Å². The van der Waals surface area contributed by atoms with Crippen LogP contribution in [0.15, 0.2) is 0 Å². The first-order valence-electron chi connectivity index (χ1n) is 2.81. The molecule has 0 aliphatic rings. The Morgan fingerprint density at radius 3 is 2.67 bits per heavy atom. The molecule has 0 radical (unpaired) electrons. The molecule has 0 spiro atoms. The molecule has 0 amide bonds. The maximum atomic E-state index is 9.14.